The van der Waals surface area contributed by atoms with E-state index in [0.717, 1.165) is 11.6 Å². The average molecular weight is 156 g/mol. The largest absolute Gasteiger partial charge is 0.348 e. The zero-order valence-electron chi connectivity index (χ0n) is 6.29. The summed E-state index contributed by atoms with van der Waals surface area (Å²) in [5, 5.41) is 0.685. The summed E-state index contributed by atoms with van der Waals surface area (Å²) in [6.45, 7) is 4.38. The summed E-state index contributed by atoms with van der Waals surface area (Å²) in [4.78, 5) is 7.17. The minimum atomic E-state index is 0.685. The second kappa shape index (κ2) is 3.66. The predicted molar refractivity (Wildman–Crippen MR) is 45.0 cm³/mol. The van der Waals surface area contributed by atoms with Crippen LogP contribution < -0.4 is 0 Å². The van der Waals surface area contributed by atoms with E-state index in [1.165, 1.54) is 0 Å². The number of nitrogens with zero attached hydrogens (tertiary/aromatic N) is 1. The summed E-state index contributed by atoms with van der Waals surface area (Å²) in [6.07, 6.45) is 3.65. The quantitative estimate of drug-likeness (QED) is 0.725. The molecular weight excluding hydrogens is 144 g/mol. The van der Waals surface area contributed by atoms with Crippen LogP contribution in [0.15, 0.2) is 12.4 Å². The molecule has 56 valence electrons. The lowest BCUT2D eigenvalue weighted by atomic mass is 10.6. The van der Waals surface area contributed by atoms with Crippen LogP contribution in [-0.2, 0) is 5.75 Å². The van der Waals surface area contributed by atoms with Gasteiger partial charge in [0.05, 0.1) is 5.75 Å². The van der Waals surface area contributed by atoms with Crippen LogP contribution in [-0.4, -0.2) is 15.2 Å². The number of aromatic amines is 1. The molecule has 0 unspecified atom stereocenters. The number of H-pyrrole nitrogens is 1. The van der Waals surface area contributed by atoms with Crippen LogP contribution in [0.2, 0.25) is 0 Å². The Hall–Kier alpha value is -0.440. The lowest BCUT2D eigenvalue weighted by Crippen LogP contribution is -1.89. The van der Waals surface area contributed by atoms with E-state index in [2.05, 4.69) is 23.8 Å². The highest BCUT2D eigenvalue weighted by Gasteiger charge is 1.96. The smallest absolute Gasteiger partial charge is 0.116 e. The maximum Gasteiger partial charge on any atom is 0.116 e. The fourth-order valence-electron chi connectivity index (χ4n) is 0.623. The Balaban J connectivity index is 2.28. The molecule has 2 nitrogen and oxygen atoms in total. The van der Waals surface area contributed by atoms with Crippen molar-refractivity contribution in [1.29, 1.82) is 0 Å². The minimum Gasteiger partial charge on any atom is -0.348 e. The number of nitrogens with one attached hydrogen (secondary N) is 1. The van der Waals surface area contributed by atoms with Crippen LogP contribution in [0.25, 0.3) is 0 Å². The van der Waals surface area contributed by atoms with Gasteiger partial charge in [0.25, 0.3) is 0 Å². The molecule has 1 aromatic rings. The molecule has 0 amide bonds. The minimum absolute atomic E-state index is 0.685. The molecule has 10 heavy (non-hydrogen) atoms. The van der Waals surface area contributed by atoms with Crippen molar-refractivity contribution in [3.63, 3.8) is 0 Å². The standard InChI is InChI=1S/C7H12N2S/c1-6(2)10-5-7-8-3-4-9-7/h3-4,6H,5H2,1-2H3,(H,8,9). The zero-order chi connectivity index (χ0) is 7.40. The summed E-state index contributed by atoms with van der Waals surface area (Å²) >= 11 is 1.90. The van der Waals surface area contributed by atoms with Crippen molar-refractivity contribution in [2.24, 2.45) is 0 Å². The zero-order valence-corrected chi connectivity index (χ0v) is 7.11. The lowest BCUT2D eigenvalue weighted by molar-refractivity contribution is 1.08. The molecule has 0 aliphatic heterocycles. The van der Waals surface area contributed by atoms with Crippen LogP contribution in [0.5, 0.6) is 0 Å². The van der Waals surface area contributed by atoms with Gasteiger partial charge in [0, 0.05) is 12.4 Å². The van der Waals surface area contributed by atoms with Gasteiger partial charge in [-0.2, -0.15) is 11.8 Å². The van der Waals surface area contributed by atoms with Gasteiger partial charge in [-0.25, -0.2) is 4.98 Å². The van der Waals surface area contributed by atoms with E-state index in [0.29, 0.717) is 5.25 Å². The third-order valence-corrected chi connectivity index (χ3v) is 2.22. The normalized spacial score (nSPS) is 10.7. The first-order chi connectivity index (χ1) is 4.79. The molecule has 0 saturated carbocycles. The summed E-state index contributed by atoms with van der Waals surface area (Å²) < 4.78 is 0. The lowest BCUT2D eigenvalue weighted by Gasteiger charge is -2.00. The number of hydrogen-bond acceptors (Lipinski definition) is 2. The highest BCUT2D eigenvalue weighted by atomic mass is 32.2. The molecule has 1 N–H and O–H groups in total. The van der Waals surface area contributed by atoms with Crippen LogP contribution in [0.3, 0.4) is 0 Å². The van der Waals surface area contributed by atoms with Crippen LogP contribution in [0.1, 0.15) is 19.7 Å². The van der Waals surface area contributed by atoms with Crippen molar-refractivity contribution in [2.75, 3.05) is 0 Å². The fourth-order valence-corrected chi connectivity index (χ4v) is 1.27. The topological polar surface area (TPSA) is 28.7 Å². The third-order valence-electron chi connectivity index (χ3n) is 1.11. The molecule has 0 saturated heterocycles. The van der Waals surface area contributed by atoms with Crippen LogP contribution in [0.4, 0.5) is 0 Å². The summed E-state index contributed by atoms with van der Waals surface area (Å²) in [6, 6.07) is 0. The maximum absolute atomic E-state index is 4.11. The molecule has 1 heterocycles. The third kappa shape index (κ3) is 2.43. The fraction of sp³-hybridized carbons (Fsp3) is 0.571. The summed E-state index contributed by atoms with van der Waals surface area (Å²) in [7, 11) is 0. The SMILES string of the molecule is CC(C)SCc1ncc[nH]1. The maximum atomic E-state index is 4.11. The molecule has 0 fully saturated rings. The molecule has 0 aromatic carbocycles. The number of imidazole rings is 1. The summed E-state index contributed by atoms with van der Waals surface area (Å²) in [5.74, 6) is 2.06. The van der Waals surface area contributed by atoms with E-state index in [-0.39, 0.29) is 0 Å². The Morgan fingerprint density at radius 3 is 3.00 bits per heavy atom. The van der Waals surface area contributed by atoms with E-state index in [9.17, 15) is 0 Å². The Labute approximate surface area is 65.4 Å². The van der Waals surface area contributed by atoms with Gasteiger partial charge in [-0.1, -0.05) is 13.8 Å². The molecule has 0 bridgehead atoms. The van der Waals surface area contributed by atoms with Gasteiger partial charge in [-0.3, -0.25) is 0 Å². The van der Waals surface area contributed by atoms with Gasteiger partial charge >= 0.3 is 0 Å². The van der Waals surface area contributed by atoms with Crippen molar-refractivity contribution >= 4 is 11.8 Å². The number of hydrogen-bond donors (Lipinski definition) is 1. The molecule has 0 atom stereocenters. The van der Waals surface area contributed by atoms with E-state index >= 15 is 0 Å². The first kappa shape index (κ1) is 7.66. The van der Waals surface area contributed by atoms with Gasteiger partial charge < -0.3 is 4.98 Å². The number of aromatic nitrogens is 2. The molecule has 0 radical (unpaired) electrons. The van der Waals surface area contributed by atoms with Crippen LogP contribution >= 0.6 is 11.8 Å². The van der Waals surface area contributed by atoms with Crippen molar-refractivity contribution in [3.8, 4) is 0 Å². The second-order valence-electron chi connectivity index (χ2n) is 2.40. The van der Waals surface area contributed by atoms with E-state index < -0.39 is 0 Å². The molecule has 3 heteroatoms. The predicted octanol–water partition coefficient (Wildman–Crippen LogP) is 2.05. The first-order valence-electron chi connectivity index (χ1n) is 3.39. The van der Waals surface area contributed by atoms with Crippen molar-refractivity contribution in [3.05, 3.63) is 18.2 Å². The monoisotopic (exact) mass is 156 g/mol. The Kier molecular flexibility index (Phi) is 2.81. The Morgan fingerprint density at radius 1 is 1.70 bits per heavy atom. The van der Waals surface area contributed by atoms with E-state index in [1.54, 1.807) is 6.20 Å². The molecule has 1 rings (SSSR count). The van der Waals surface area contributed by atoms with Gasteiger partial charge in [-0.15, -0.1) is 0 Å². The van der Waals surface area contributed by atoms with Crippen molar-refractivity contribution in [1.82, 2.24) is 9.97 Å². The average Bonchev–Trinajstić information content (AvgIpc) is 2.34. The molecule has 1 aromatic heterocycles. The van der Waals surface area contributed by atoms with E-state index in [1.807, 2.05) is 18.0 Å². The molecule has 0 spiro atoms. The van der Waals surface area contributed by atoms with Crippen molar-refractivity contribution < 1.29 is 0 Å². The Morgan fingerprint density at radius 2 is 2.50 bits per heavy atom. The number of thioether (sulfide) groups is 1. The van der Waals surface area contributed by atoms with E-state index in [4.69, 9.17) is 0 Å². The van der Waals surface area contributed by atoms with Gasteiger partial charge in [0.2, 0.25) is 0 Å². The van der Waals surface area contributed by atoms with Gasteiger partial charge in [-0.05, 0) is 5.25 Å². The molecular formula is C7H12N2S. The van der Waals surface area contributed by atoms with Gasteiger partial charge in [0.1, 0.15) is 5.82 Å². The van der Waals surface area contributed by atoms with Crippen molar-refractivity contribution in [2.45, 2.75) is 24.9 Å². The highest BCUT2D eigenvalue weighted by Crippen LogP contribution is 2.13. The first-order valence-corrected chi connectivity index (χ1v) is 4.44. The molecule has 0 aliphatic carbocycles. The van der Waals surface area contributed by atoms with Gasteiger partial charge in [0.15, 0.2) is 0 Å². The van der Waals surface area contributed by atoms with Crippen LogP contribution in [0, 0.1) is 0 Å². The number of rotatable bonds is 3. The Bertz CT molecular complexity index is 170. The highest BCUT2D eigenvalue weighted by molar-refractivity contribution is 7.99. The molecule has 0 aliphatic rings. The summed E-state index contributed by atoms with van der Waals surface area (Å²) in [5.41, 5.74) is 0. The second-order valence-corrected chi connectivity index (χ2v) is 3.96.